The van der Waals surface area contributed by atoms with E-state index in [-0.39, 0.29) is 0 Å². The van der Waals surface area contributed by atoms with Gasteiger partial charge in [-0.1, -0.05) is 6.08 Å². The maximum Gasteiger partial charge on any atom is 0.191 e. The lowest BCUT2D eigenvalue weighted by atomic mass is 10.3. The molecule has 2 rings (SSSR count). The lowest BCUT2D eigenvalue weighted by molar-refractivity contribution is 0.123. The Kier molecular flexibility index (Phi) is 7.60. The summed E-state index contributed by atoms with van der Waals surface area (Å²) in [6, 6.07) is 3.88. The number of nitrogens with one attached hydrogen (secondary N) is 2. The van der Waals surface area contributed by atoms with Crippen molar-refractivity contribution in [1.29, 1.82) is 0 Å². The van der Waals surface area contributed by atoms with Gasteiger partial charge in [0.15, 0.2) is 5.96 Å². The summed E-state index contributed by atoms with van der Waals surface area (Å²) in [5.41, 5.74) is 0. The van der Waals surface area contributed by atoms with E-state index in [0.717, 1.165) is 56.8 Å². The van der Waals surface area contributed by atoms with E-state index in [2.05, 4.69) is 22.2 Å². The monoisotopic (exact) mass is 305 g/mol. The molecule has 0 radical (unpaired) electrons. The summed E-state index contributed by atoms with van der Waals surface area (Å²) >= 11 is 0. The van der Waals surface area contributed by atoms with Crippen LogP contribution in [0.3, 0.4) is 0 Å². The second-order valence-corrected chi connectivity index (χ2v) is 5.53. The molecule has 0 amide bonds. The lowest BCUT2D eigenvalue weighted by Crippen LogP contribution is -2.38. The number of guanidine groups is 1. The SMILES string of the molecule is C=CCNC(=NCCCOCC1CC1)NCCc1ccco1. The van der Waals surface area contributed by atoms with Crippen LogP contribution in [-0.2, 0) is 11.2 Å². The molecule has 1 aliphatic rings. The first-order valence-electron chi connectivity index (χ1n) is 8.11. The summed E-state index contributed by atoms with van der Waals surface area (Å²) in [4.78, 5) is 4.55. The van der Waals surface area contributed by atoms with Gasteiger partial charge in [0.1, 0.15) is 5.76 Å². The fourth-order valence-corrected chi connectivity index (χ4v) is 1.99. The van der Waals surface area contributed by atoms with Gasteiger partial charge in [0.25, 0.3) is 0 Å². The van der Waals surface area contributed by atoms with Crippen LogP contribution in [0.2, 0.25) is 0 Å². The second-order valence-electron chi connectivity index (χ2n) is 5.53. The van der Waals surface area contributed by atoms with Crippen LogP contribution >= 0.6 is 0 Å². The molecule has 5 nitrogen and oxygen atoms in total. The topological polar surface area (TPSA) is 58.8 Å². The number of ether oxygens (including phenoxy) is 1. The highest BCUT2D eigenvalue weighted by atomic mass is 16.5. The highest BCUT2D eigenvalue weighted by Gasteiger charge is 2.20. The number of aliphatic imine (C=N–C) groups is 1. The summed E-state index contributed by atoms with van der Waals surface area (Å²) < 4.78 is 10.9. The summed E-state index contributed by atoms with van der Waals surface area (Å²) in [5, 5.41) is 6.52. The number of furan rings is 1. The Morgan fingerprint density at radius 3 is 3.09 bits per heavy atom. The third-order valence-electron chi connectivity index (χ3n) is 3.42. The molecule has 0 spiro atoms. The van der Waals surface area contributed by atoms with Gasteiger partial charge in [0.05, 0.1) is 6.26 Å². The molecule has 0 aliphatic heterocycles. The molecule has 0 aromatic carbocycles. The van der Waals surface area contributed by atoms with Gasteiger partial charge >= 0.3 is 0 Å². The minimum Gasteiger partial charge on any atom is -0.469 e. The third-order valence-corrected chi connectivity index (χ3v) is 3.42. The molecule has 1 aromatic rings. The Morgan fingerprint density at radius 2 is 2.36 bits per heavy atom. The minimum absolute atomic E-state index is 0.699. The molecule has 122 valence electrons. The van der Waals surface area contributed by atoms with E-state index in [1.165, 1.54) is 12.8 Å². The van der Waals surface area contributed by atoms with E-state index >= 15 is 0 Å². The van der Waals surface area contributed by atoms with Gasteiger partial charge in [0.2, 0.25) is 0 Å². The van der Waals surface area contributed by atoms with Crippen LogP contribution in [0.1, 0.15) is 25.0 Å². The molecule has 1 fully saturated rings. The molecular weight excluding hydrogens is 278 g/mol. The van der Waals surface area contributed by atoms with Crippen LogP contribution in [0.15, 0.2) is 40.5 Å². The van der Waals surface area contributed by atoms with Gasteiger partial charge in [-0.05, 0) is 37.3 Å². The molecule has 5 heteroatoms. The average molecular weight is 305 g/mol. The largest absolute Gasteiger partial charge is 0.469 e. The zero-order valence-corrected chi connectivity index (χ0v) is 13.2. The van der Waals surface area contributed by atoms with E-state index < -0.39 is 0 Å². The van der Waals surface area contributed by atoms with Crippen molar-refractivity contribution >= 4 is 5.96 Å². The first-order chi connectivity index (χ1) is 10.9. The predicted octanol–water partition coefficient (Wildman–Crippen LogP) is 2.36. The fourth-order valence-electron chi connectivity index (χ4n) is 1.99. The number of hydrogen-bond acceptors (Lipinski definition) is 3. The van der Waals surface area contributed by atoms with Crippen molar-refractivity contribution in [3.63, 3.8) is 0 Å². The van der Waals surface area contributed by atoms with Crippen LogP contribution in [0.5, 0.6) is 0 Å². The van der Waals surface area contributed by atoms with Crippen LogP contribution in [0, 0.1) is 5.92 Å². The van der Waals surface area contributed by atoms with Gasteiger partial charge in [0, 0.05) is 39.3 Å². The van der Waals surface area contributed by atoms with Crippen molar-refractivity contribution in [2.45, 2.75) is 25.7 Å². The van der Waals surface area contributed by atoms with Gasteiger partial charge in [-0.15, -0.1) is 6.58 Å². The van der Waals surface area contributed by atoms with E-state index in [1.54, 1.807) is 6.26 Å². The average Bonchev–Trinajstić information content (AvgIpc) is 3.21. The molecule has 0 saturated heterocycles. The van der Waals surface area contributed by atoms with Crippen molar-refractivity contribution < 1.29 is 9.15 Å². The van der Waals surface area contributed by atoms with Crippen LogP contribution < -0.4 is 10.6 Å². The number of rotatable bonds is 11. The van der Waals surface area contributed by atoms with Gasteiger partial charge in [-0.25, -0.2) is 0 Å². The number of hydrogen-bond donors (Lipinski definition) is 2. The van der Waals surface area contributed by atoms with Crippen molar-refractivity contribution in [2.75, 3.05) is 32.8 Å². The van der Waals surface area contributed by atoms with Gasteiger partial charge < -0.3 is 19.8 Å². The Bertz CT molecular complexity index is 439. The molecule has 1 heterocycles. The summed E-state index contributed by atoms with van der Waals surface area (Å²) in [5.74, 6) is 2.62. The van der Waals surface area contributed by atoms with Crippen molar-refractivity contribution in [2.24, 2.45) is 10.9 Å². The van der Waals surface area contributed by atoms with E-state index in [1.807, 2.05) is 18.2 Å². The molecule has 0 bridgehead atoms. The van der Waals surface area contributed by atoms with Crippen molar-refractivity contribution in [3.05, 3.63) is 36.8 Å². The molecule has 1 saturated carbocycles. The highest BCUT2D eigenvalue weighted by molar-refractivity contribution is 5.79. The molecule has 1 aliphatic carbocycles. The fraction of sp³-hybridized carbons (Fsp3) is 0.588. The molecule has 22 heavy (non-hydrogen) atoms. The number of nitrogens with zero attached hydrogens (tertiary/aromatic N) is 1. The van der Waals surface area contributed by atoms with Crippen LogP contribution in [0.4, 0.5) is 0 Å². The summed E-state index contributed by atoms with van der Waals surface area (Å²) in [6.07, 6.45) is 7.99. The van der Waals surface area contributed by atoms with Gasteiger partial charge in [-0.3, -0.25) is 4.99 Å². The van der Waals surface area contributed by atoms with Gasteiger partial charge in [-0.2, -0.15) is 0 Å². The van der Waals surface area contributed by atoms with Crippen LogP contribution in [0.25, 0.3) is 0 Å². The quantitative estimate of drug-likeness (QED) is 0.285. The maximum atomic E-state index is 5.61. The third kappa shape index (κ3) is 7.31. The molecule has 0 unspecified atom stereocenters. The molecule has 1 aromatic heterocycles. The van der Waals surface area contributed by atoms with Crippen molar-refractivity contribution in [3.8, 4) is 0 Å². The smallest absolute Gasteiger partial charge is 0.191 e. The molecule has 0 atom stereocenters. The minimum atomic E-state index is 0.699. The van der Waals surface area contributed by atoms with E-state index in [9.17, 15) is 0 Å². The molecular formula is C17H27N3O2. The Balaban J connectivity index is 1.60. The Hall–Kier alpha value is -1.75. The first-order valence-corrected chi connectivity index (χ1v) is 8.11. The predicted molar refractivity (Wildman–Crippen MR) is 89.1 cm³/mol. The second kappa shape index (κ2) is 10.1. The first kappa shape index (κ1) is 16.6. The summed E-state index contributed by atoms with van der Waals surface area (Å²) in [6.45, 7) is 7.68. The van der Waals surface area contributed by atoms with Crippen molar-refractivity contribution in [1.82, 2.24) is 10.6 Å². The zero-order chi connectivity index (χ0) is 15.5. The normalized spacial score (nSPS) is 14.8. The Labute approximate surface area is 132 Å². The van der Waals surface area contributed by atoms with E-state index in [4.69, 9.17) is 9.15 Å². The summed E-state index contributed by atoms with van der Waals surface area (Å²) in [7, 11) is 0. The maximum absolute atomic E-state index is 5.61. The van der Waals surface area contributed by atoms with E-state index in [0.29, 0.717) is 6.54 Å². The standard InChI is InChI=1S/C17H27N3O2/c1-2-9-18-17(20-11-8-16-5-3-13-22-16)19-10-4-12-21-14-15-6-7-15/h2-3,5,13,15H,1,4,6-12,14H2,(H2,18,19,20). The lowest BCUT2D eigenvalue weighted by Gasteiger charge is -2.11. The molecule has 2 N–H and O–H groups in total. The van der Waals surface area contributed by atoms with Crippen LogP contribution in [-0.4, -0.2) is 38.8 Å². The Morgan fingerprint density at radius 1 is 1.45 bits per heavy atom. The highest BCUT2D eigenvalue weighted by Crippen LogP contribution is 2.28. The zero-order valence-electron chi connectivity index (χ0n) is 13.2.